The third-order valence-electron chi connectivity index (χ3n) is 7.93. The van der Waals surface area contributed by atoms with E-state index >= 15 is 0 Å². The van der Waals surface area contributed by atoms with E-state index in [1.165, 1.54) is 12.0 Å². The standard InChI is InChI=1S/C32H36N2O3/c1-21(2)22-13-17-24(18-14-22)33-31(35)29-27-11-7-8-12-28(27)32(36)34(25-9-5-4-6-10-25)30(29)23-15-19-26(37-3)20-16-23/h7-8,11-21,25,29-30H,4-6,9-10H2,1-3H3,(H,33,35). The average molecular weight is 497 g/mol. The first-order valence-corrected chi connectivity index (χ1v) is 13.4. The highest BCUT2D eigenvalue weighted by atomic mass is 16.5. The van der Waals surface area contributed by atoms with Crippen molar-refractivity contribution in [2.24, 2.45) is 0 Å². The van der Waals surface area contributed by atoms with E-state index in [0.29, 0.717) is 11.5 Å². The molecule has 0 spiro atoms. The molecule has 2 aliphatic rings. The predicted molar refractivity (Wildman–Crippen MR) is 147 cm³/mol. The molecule has 3 aromatic carbocycles. The van der Waals surface area contributed by atoms with E-state index in [0.717, 1.165) is 48.2 Å². The number of hydrogen-bond acceptors (Lipinski definition) is 3. The average Bonchev–Trinajstić information content (AvgIpc) is 2.93. The van der Waals surface area contributed by atoms with Crippen LogP contribution in [0.2, 0.25) is 0 Å². The fraction of sp³-hybridized carbons (Fsp3) is 0.375. The summed E-state index contributed by atoms with van der Waals surface area (Å²) in [5.74, 6) is 0.563. The van der Waals surface area contributed by atoms with Crippen LogP contribution in [0.3, 0.4) is 0 Å². The van der Waals surface area contributed by atoms with Gasteiger partial charge in [-0.25, -0.2) is 0 Å². The van der Waals surface area contributed by atoms with E-state index in [1.807, 2.05) is 65.6 Å². The second-order valence-corrected chi connectivity index (χ2v) is 10.6. The van der Waals surface area contributed by atoms with Gasteiger partial charge in [-0.3, -0.25) is 9.59 Å². The van der Waals surface area contributed by atoms with E-state index in [1.54, 1.807) is 7.11 Å². The Morgan fingerprint density at radius 2 is 1.59 bits per heavy atom. The number of methoxy groups -OCH3 is 1. The van der Waals surface area contributed by atoms with Crippen LogP contribution in [-0.4, -0.2) is 29.9 Å². The molecule has 0 radical (unpaired) electrons. The zero-order valence-corrected chi connectivity index (χ0v) is 21.9. The maximum absolute atomic E-state index is 14.1. The lowest BCUT2D eigenvalue weighted by molar-refractivity contribution is -0.119. The third-order valence-corrected chi connectivity index (χ3v) is 7.93. The zero-order valence-electron chi connectivity index (χ0n) is 21.9. The molecule has 1 aliphatic heterocycles. The van der Waals surface area contributed by atoms with Gasteiger partial charge in [0, 0.05) is 17.3 Å². The number of nitrogens with zero attached hydrogens (tertiary/aromatic N) is 1. The van der Waals surface area contributed by atoms with Gasteiger partial charge in [0.25, 0.3) is 5.91 Å². The fourth-order valence-electron chi connectivity index (χ4n) is 5.92. The van der Waals surface area contributed by atoms with E-state index < -0.39 is 12.0 Å². The molecule has 3 aromatic rings. The molecule has 1 saturated carbocycles. The summed E-state index contributed by atoms with van der Waals surface area (Å²) in [5.41, 5.74) is 4.36. The molecule has 1 N–H and O–H groups in total. The van der Waals surface area contributed by atoms with Gasteiger partial charge in [0.05, 0.1) is 19.1 Å². The number of nitrogens with one attached hydrogen (secondary N) is 1. The van der Waals surface area contributed by atoms with Gasteiger partial charge >= 0.3 is 0 Å². The monoisotopic (exact) mass is 496 g/mol. The summed E-state index contributed by atoms with van der Waals surface area (Å²) in [5, 5.41) is 3.18. The highest BCUT2D eigenvalue weighted by Gasteiger charge is 2.46. The van der Waals surface area contributed by atoms with Crippen LogP contribution in [0.5, 0.6) is 5.75 Å². The number of hydrogen-bond donors (Lipinski definition) is 1. The Morgan fingerprint density at radius 3 is 2.24 bits per heavy atom. The summed E-state index contributed by atoms with van der Waals surface area (Å²) in [6.07, 6.45) is 5.32. The summed E-state index contributed by atoms with van der Waals surface area (Å²) in [4.78, 5) is 30.2. The molecular weight excluding hydrogens is 460 g/mol. The van der Waals surface area contributed by atoms with Gasteiger partial charge in [-0.2, -0.15) is 0 Å². The molecule has 0 aromatic heterocycles. The fourth-order valence-corrected chi connectivity index (χ4v) is 5.92. The van der Waals surface area contributed by atoms with E-state index in [4.69, 9.17) is 4.74 Å². The van der Waals surface area contributed by atoms with Gasteiger partial charge in [0.15, 0.2) is 0 Å². The number of fused-ring (bicyclic) bond motifs is 1. The maximum Gasteiger partial charge on any atom is 0.254 e. The van der Waals surface area contributed by atoms with Gasteiger partial charge in [-0.1, -0.05) is 75.6 Å². The molecular formula is C32H36N2O3. The topological polar surface area (TPSA) is 58.6 Å². The third kappa shape index (κ3) is 5.00. The minimum Gasteiger partial charge on any atom is -0.497 e. The van der Waals surface area contributed by atoms with Gasteiger partial charge in [0.2, 0.25) is 5.91 Å². The molecule has 5 rings (SSSR count). The Bertz CT molecular complexity index is 1240. The molecule has 1 fully saturated rings. The van der Waals surface area contributed by atoms with Gasteiger partial charge < -0.3 is 15.0 Å². The lowest BCUT2D eigenvalue weighted by Crippen LogP contribution is -2.51. The Labute approximate surface area is 219 Å². The predicted octanol–water partition coefficient (Wildman–Crippen LogP) is 7.07. The van der Waals surface area contributed by atoms with Gasteiger partial charge in [-0.05, 0) is 65.8 Å². The van der Waals surface area contributed by atoms with Crippen LogP contribution in [0.4, 0.5) is 5.69 Å². The summed E-state index contributed by atoms with van der Waals surface area (Å²) in [6.45, 7) is 4.31. The highest BCUT2D eigenvalue weighted by molar-refractivity contribution is 6.04. The summed E-state index contributed by atoms with van der Waals surface area (Å²) >= 11 is 0. The molecule has 5 heteroatoms. The molecule has 5 nitrogen and oxygen atoms in total. The van der Waals surface area contributed by atoms with Crippen molar-refractivity contribution in [1.82, 2.24) is 4.90 Å². The molecule has 37 heavy (non-hydrogen) atoms. The van der Waals surface area contributed by atoms with Crippen LogP contribution >= 0.6 is 0 Å². The van der Waals surface area contributed by atoms with Crippen LogP contribution < -0.4 is 10.1 Å². The van der Waals surface area contributed by atoms with Crippen molar-refractivity contribution in [3.8, 4) is 5.75 Å². The second-order valence-electron chi connectivity index (χ2n) is 10.6. The summed E-state index contributed by atoms with van der Waals surface area (Å²) in [6, 6.07) is 23.2. The molecule has 2 atom stereocenters. The normalized spacial score (nSPS) is 20.0. The SMILES string of the molecule is COc1ccc(C2C(C(=O)Nc3ccc(C(C)C)cc3)c3ccccc3C(=O)N2C2CCCCC2)cc1. The Balaban J connectivity index is 1.59. The molecule has 1 aliphatic carbocycles. The largest absolute Gasteiger partial charge is 0.497 e. The number of amides is 2. The molecule has 0 bridgehead atoms. The van der Waals surface area contributed by atoms with Crippen LogP contribution in [-0.2, 0) is 4.79 Å². The quantitative estimate of drug-likeness (QED) is 0.397. The van der Waals surface area contributed by atoms with E-state index in [-0.39, 0.29) is 17.9 Å². The maximum atomic E-state index is 14.1. The number of ether oxygens (including phenoxy) is 1. The Kier molecular flexibility index (Phi) is 7.31. The van der Waals surface area contributed by atoms with Crippen molar-refractivity contribution in [3.05, 3.63) is 95.1 Å². The number of carbonyl (C=O) groups is 2. The molecule has 2 amide bonds. The van der Waals surface area contributed by atoms with Gasteiger partial charge in [-0.15, -0.1) is 0 Å². The first-order chi connectivity index (χ1) is 18.0. The number of carbonyl (C=O) groups excluding carboxylic acids is 2. The lowest BCUT2D eigenvalue weighted by atomic mass is 9.77. The van der Waals surface area contributed by atoms with Crippen LogP contribution in [0, 0.1) is 0 Å². The van der Waals surface area contributed by atoms with Gasteiger partial charge in [0.1, 0.15) is 5.75 Å². The van der Waals surface area contributed by atoms with E-state index in [2.05, 4.69) is 31.3 Å². The summed E-state index contributed by atoms with van der Waals surface area (Å²) in [7, 11) is 1.64. The first kappa shape index (κ1) is 25.1. The Hall–Kier alpha value is -3.60. The van der Waals surface area contributed by atoms with Crippen molar-refractivity contribution < 1.29 is 14.3 Å². The number of rotatable bonds is 6. The van der Waals surface area contributed by atoms with Crippen molar-refractivity contribution in [2.45, 2.75) is 69.9 Å². The van der Waals surface area contributed by atoms with Crippen LogP contribution in [0.1, 0.15) is 90.9 Å². The van der Waals surface area contributed by atoms with Crippen LogP contribution in [0.25, 0.3) is 0 Å². The summed E-state index contributed by atoms with van der Waals surface area (Å²) < 4.78 is 5.40. The smallest absolute Gasteiger partial charge is 0.254 e. The molecule has 1 heterocycles. The molecule has 0 saturated heterocycles. The second kappa shape index (κ2) is 10.8. The van der Waals surface area contributed by atoms with Crippen molar-refractivity contribution >= 4 is 17.5 Å². The first-order valence-electron chi connectivity index (χ1n) is 13.4. The van der Waals surface area contributed by atoms with Crippen molar-refractivity contribution in [2.75, 3.05) is 12.4 Å². The van der Waals surface area contributed by atoms with Crippen molar-refractivity contribution in [1.29, 1.82) is 0 Å². The van der Waals surface area contributed by atoms with E-state index in [9.17, 15) is 9.59 Å². The van der Waals surface area contributed by atoms with Crippen LogP contribution in [0.15, 0.2) is 72.8 Å². The minimum absolute atomic E-state index is 0.0219. The minimum atomic E-state index is -0.533. The number of anilines is 1. The number of benzene rings is 3. The molecule has 2 unspecified atom stereocenters. The lowest BCUT2D eigenvalue weighted by Gasteiger charge is -2.46. The Morgan fingerprint density at radius 1 is 0.919 bits per heavy atom. The van der Waals surface area contributed by atoms with Crippen molar-refractivity contribution in [3.63, 3.8) is 0 Å². The highest BCUT2D eigenvalue weighted by Crippen LogP contribution is 2.46. The zero-order chi connectivity index (χ0) is 25.9. The molecule has 192 valence electrons.